The Morgan fingerprint density at radius 3 is 2.35 bits per heavy atom. The monoisotopic (exact) mass is 459 g/mol. The molecule has 0 saturated carbocycles. The number of hydrogen-bond donors (Lipinski definition) is 1. The summed E-state index contributed by atoms with van der Waals surface area (Å²) >= 11 is 0. The summed E-state index contributed by atoms with van der Waals surface area (Å²) in [6.07, 6.45) is 0.828. The minimum absolute atomic E-state index is 0.106. The maximum Gasteiger partial charge on any atom is 0.254 e. The van der Waals surface area contributed by atoms with Gasteiger partial charge in [0.05, 0.1) is 23.4 Å². The van der Waals surface area contributed by atoms with Crippen LogP contribution in [0.15, 0.2) is 10.9 Å². The number of aliphatic hydroxyl groups is 1. The lowest BCUT2D eigenvalue weighted by Crippen LogP contribution is -2.43. The standard InChI is InChI=1S/C28H33N3O3/c1-8-28(34)21-11-22-26-20(13-31(22)27(33)18(21)9-10-23(28)32)19(12-30(6)7)24-16(4)14(2)15(3)17(5)25(24)29-26/h11,34H,8-10,12-13H2,1-7H3/t28-/m0/s1. The fourth-order valence-corrected chi connectivity index (χ4v) is 5.94. The van der Waals surface area contributed by atoms with Crippen LogP contribution in [0.2, 0.25) is 0 Å². The molecular weight excluding hydrogens is 426 g/mol. The smallest absolute Gasteiger partial charge is 0.254 e. The summed E-state index contributed by atoms with van der Waals surface area (Å²) < 4.78 is 1.80. The van der Waals surface area contributed by atoms with Gasteiger partial charge in [-0.05, 0) is 88.5 Å². The number of Topliss-reactive ketones (excluding diaryl/α,β-unsaturated/α-hetero) is 1. The van der Waals surface area contributed by atoms with Gasteiger partial charge in [-0.2, -0.15) is 0 Å². The minimum atomic E-state index is -1.60. The summed E-state index contributed by atoms with van der Waals surface area (Å²) in [5, 5.41) is 12.5. The summed E-state index contributed by atoms with van der Waals surface area (Å²) in [5.74, 6) is -0.206. The maximum atomic E-state index is 13.7. The molecule has 2 aliphatic rings. The molecule has 0 radical (unpaired) electrons. The highest BCUT2D eigenvalue weighted by atomic mass is 16.3. The second kappa shape index (κ2) is 7.59. The lowest BCUT2D eigenvalue weighted by Gasteiger charge is -2.32. The molecule has 5 rings (SSSR count). The van der Waals surface area contributed by atoms with E-state index in [2.05, 4.69) is 46.7 Å². The first-order valence-electron chi connectivity index (χ1n) is 12.1. The van der Waals surface area contributed by atoms with E-state index in [1.807, 2.05) is 6.07 Å². The summed E-state index contributed by atoms with van der Waals surface area (Å²) in [7, 11) is 4.11. The maximum absolute atomic E-state index is 13.7. The van der Waals surface area contributed by atoms with E-state index < -0.39 is 5.60 Å². The number of hydrogen-bond acceptors (Lipinski definition) is 5. The first kappa shape index (κ1) is 22.9. The molecule has 1 aliphatic heterocycles. The summed E-state index contributed by atoms with van der Waals surface area (Å²) in [5.41, 5.74) is 8.98. The van der Waals surface area contributed by atoms with Crippen molar-refractivity contribution in [3.8, 4) is 11.4 Å². The molecule has 1 atom stereocenters. The Labute approximate surface area is 200 Å². The average molecular weight is 460 g/mol. The number of carbonyl (C=O) groups excluding carboxylic acids is 1. The molecule has 34 heavy (non-hydrogen) atoms. The fraction of sp³-hybridized carbons (Fsp3) is 0.464. The van der Waals surface area contributed by atoms with Crippen LogP contribution in [0.1, 0.15) is 64.3 Å². The van der Waals surface area contributed by atoms with Crippen molar-refractivity contribution in [2.75, 3.05) is 14.1 Å². The average Bonchev–Trinajstić information content (AvgIpc) is 3.17. The van der Waals surface area contributed by atoms with E-state index in [9.17, 15) is 14.7 Å². The van der Waals surface area contributed by atoms with E-state index in [1.165, 1.54) is 27.6 Å². The summed E-state index contributed by atoms with van der Waals surface area (Å²) in [4.78, 5) is 33.7. The number of fused-ring (bicyclic) bond motifs is 5. The van der Waals surface area contributed by atoms with Crippen molar-refractivity contribution in [3.63, 3.8) is 0 Å². The van der Waals surface area contributed by atoms with Gasteiger partial charge in [0.15, 0.2) is 5.78 Å². The van der Waals surface area contributed by atoms with Crippen LogP contribution >= 0.6 is 0 Å². The molecule has 1 N–H and O–H groups in total. The number of nitrogens with zero attached hydrogens (tertiary/aromatic N) is 3. The van der Waals surface area contributed by atoms with Crippen LogP contribution in [0.25, 0.3) is 22.3 Å². The van der Waals surface area contributed by atoms with Crippen molar-refractivity contribution in [1.82, 2.24) is 14.5 Å². The number of carbonyl (C=O) groups is 1. The van der Waals surface area contributed by atoms with Gasteiger partial charge in [-0.1, -0.05) is 6.92 Å². The molecule has 0 spiro atoms. The van der Waals surface area contributed by atoms with Gasteiger partial charge in [-0.25, -0.2) is 4.98 Å². The van der Waals surface area contributed by atoms with E-state index in [-0.39, 0.29) is 24.2 Å². The van der Waals surface area contributed by atoms with Crippen LogP contribution < -0.4 is 5.56 Å². The summed E-state index contributed by atoms with van der Waals surface area (Å²) in [6.45, 7) is 11.6. The quantitative estimate of drug-likeness (QED) is 0.504. The number of aromatic nitrogens is 2. The second-order valence-corrected chi connectivity index (χ2v) is 10.3. The van der Waals surface area contributed by atoms with Gasteiger partial charge in [-0.15, -0.1) is 0 Å². The van der Waals surface area contributed by atoms with Crippen LogP contribution in [-0.2, 0) is 29.9 Å². The Balaban J connectivity index is 1.89. The number of benzene rings is 1. The molecule has 178 valence electrons. The van der Waals surface area contributed by atoms with Crippen molar-refractivity contribution < 1.29 is 9.90 Å². The van der Waals surface area contributed by atoms with Crippen molar-refractivity contribution >= 4 is 16.7 Å². The molecule has 3 heterocycles. The number of aryl methyl sites for hydroxylation is 2. The molecular formula is C28H33N3O3. The predicted molar refractivity (Wildman–Crippen MR) is 134 cm³/mol. The normalized spacial score (nSPS) is 19.0. The highest BCUT2D eigenvalue weighted by molar-refractivity contribution is 5.95. The lowest BCUT2D eigenvalue weighted by molar-refractivity contribution is -0.140. The van der Waals surface area contributed by atoms with E-state index in [0.717, 1.165) is 28.9 Å². The molecule has 1 aliphatic carbocycles. The van der Waals surface area contributed by atoms with Gasteiger partial charge >= 0.3 is 0 Å². The van der Waals surface area contributed by atoms with Gasteiger partial charge in [0, 0.05) is 35.0 Å². The third-order valence-electron chi connectivity index (χ3n) is 8.28. The largest absolute Gasteiger partial charge is 0.377 e. The van der Waals surface area contributed by atoms with Crippen molar-refractivity contribution in [2.45, 2.75) is 72.6 Å². The Morgan fingerprint density at radius 1 is 1.03 bits per heavy atom. The third kappa shape index (κ3) is 2.91. The van der Waals surface area contributed by atoms with E-state index in [0.29, 0.717) is 29.8 Å². The van der Waals surface area contributed by atoms with Crippen LogP contribution in [0.5, 0.6) is 0 Å². The number of rotatable bonds is 3. The highest BCUT2D eigenvalue weighted by Crippen LogP contribution is 2.42. The first-order valence-corrected chi connectivity index (χ1v) is 12.1. The highest BCUT2D eigenvalue weighted by Gasteiger charge is 2.43. The molecule has 0 saturated heterocycles. The zero-order chi connectivity index (χ0) is 24.7. The molecule has 2 aromatic heterocycles. The van der Waals surface area contributed by atoms with Crippen LogP contribution in [0, 0.1) is 27.7 Å². The van der Waals surface area contributed by atoms with E-state index in [4.69, 9.17) is 4.98 Å². The van der Waals surface area contributed by atoms with E-state index in [1.54, 1.807) is 11.5 Å². The molecule has 6 nitrogen and oxygen atoms in total. The predicted octanol–water partition coefficient (Wildman–Crippen LogP) is 3.83. The van der Waals surface area contributed by atoms with Gasteiger partial charge in [0.25, 0.3) is 5.56 Å². The number of pyridine rings is 2. The molecule has 6 heteroatoms. The molecule has 0 amide bonds. The second-order valence-electron chi connectivity index (χ2n) is 10.3. The number of ketones is 1. The van der Waals surface area contributed by atoms with Gasteiger partial charge in [-0.3, -0.25) is 9.59 Å². The lowest BCUT2D eigenvalue weighted by atomic mass is 9.77. The van der Waals surface area contributed by atoms with Gasteiger partial charge < -0.3 is 14.6 Å². The van der Waals surface area contributed by atoms with Crippen molar-refractivity contribution in [1.29, 1.82) is 0 Å². The zero-order valence-electron chi connectivity index (χ0n) is 21.2. The Hall–Kier alpha value is -2.83. The molecule has 0 fully saturated rings. The van der Waals surface area contributed by atoms with Crippen molar-refractivity contribution in [2.24, 2.45) is 0 Å². The molecule has 0 unspecified atom stereocenters. The topological polar surface area (TPSA) is 75.4 Å². The SMILES string of the molecule is CC[C@@]1(O)C(=O)CCc2c1cc1n(c2=O)Cc2c-1nc1c(C)c(C)c(C)c(C)c1c2CN(C)C. The van der Waals surface area contributed by atoms with Crippen molar-refractivity contribution in [3.05, 3.63) is 60.9 Å². The Bertz CT molecular complexity index is 1460. The van der Waals surface area contributed by atoms with Crippen LogP contribution in [0.4, 0.5) is 0 Å². The first-order chi connectivity index (χ1) is 16.0. The Kier molecular flexibility index (Phi) is 5.12. The van der Waals surface area contributed by atoms with Gasteiger partial charge in [0.2, 0.25) is 0 Å². The van der Waals surface area contributed by atoms with Crippen LogP contribution in [0.3, 0.4) is 0 Å². The molecule has 1 aromatic carbocycles. The van der Waals surface area contributed by atoms with Crippen LogP contribution in [-0.4, -0.2) is 39.4 Å². The summed E-state index contributed by atoms with van der Waals surface area (Å²) in [6, 6.07) is 1.87. The van der Waals surface area contributed by atoms with Gasteiger partial charge in [0.1, 0.15) is 5.60 Å². The minimum Gasteiger partial charge on any atom is -0.377 e. The molecule has 3 aromatic rings. The molecule has 0 bridgehead atoms. The fourth-order valence-electron chi connectivity index (χ4n) is 5.94. The van der Waals surface area contributed by atoms with E-state index >= 15 is 0 Å². The third-order valence-corrected chi connectivity index (χ3v) is 8.28. The Morgan fingerprint density at radius 2 is 1.71 bits per heavy atom. The zero-order valence-corrected chi connectivity index (χ0v) is 21.2.